The molecule has 0 aromatic heterocycles. The van der Waals surface area contributed by atoms with Gasteiger partial charge in [-0.05, 0) is 17.5 Å². The van der Waals surface area contributed by atoms with Crippen molar-refractivity contribution in [2.24, 2.45) is 0 Å². The van der Waals surface area contributed by atoms with E-state index in [0.29, 0.717) is 11.2 Å². The van der Waals surface area contributed by atoms with Crippen LogP contribution in [-0.4, -0.2) is 5.25 Å². The van der Waals surface area contributed by atoms with Crippen molar-refractivity contribution in [2.45, 2.75) is 43.8 Å². The van der Waals surface area contributed by atoms with Gasteiger partial charge in [0, 0.05) is 10.1 Å². The molecule has 0 atom stereocenters. The van der Waals surface area contributed by atoms with Gasteiger partial charge in [-0.2, -0.15) is 0 Å². The van der Waals surface area contributed by atoms with Crippen molar-refractivity contribution in [1.82, 2.24) is 0 Å². The molecule has 0 unspecified atom stereocenters. The number of rotatable bonds is 4. The van der Waals surface area contributed by atoms with Gasteiger partial charge >= 0.3 is 0 Å². The fourth-order valence-electron chi connectivity index (χ4n) is 1.18. The van der Waals surface area contributed by atoms with Crippen LogP contribution in [0.1, 0.15) is 39.2 Å². The molecule has 0 aliphatic heterocycles. The Morgan fingerprint density at radius 1 is 1.00 bits per heavy atom. The van der Waals surface area contributed by atoms with E-state index in [1.54, 1.807) is 0 Å². The lowest BCUT2D eigenvalue weighted by atomic mass is 10.0. The zero-order valence-corrected chi connectivity index (χ0v) is 10.9. The van der Waals surface area contributed by atoms with Crippen LogP contribution in [-0.2, 0) is 0 Å². The van der Waals surface area contributed by atoms with Gasteiger partial charge in [0.25, 0.3) is 0 Å². The van der Waals surface area contributed by atoms with Crippen molar-refractivity contribution < 1.29 is 0 Å². The van der Waals surface area contributed by atoms with Gasteiger partial charge in [-0.3, -0.25) is 0 Å². The fourth-order valence-corrected chi connectivity index (χ4v) is 3.36. The summed E-state index contributed by atoms with van der Waals surface area (Å²) in [5.41, 5.74) is 1.46. The van der Waals surface area contributed by atoms with E-state index in [1.165, 1.54) is 10.5 Å². The first-order chi connectivity index (χ1) is 6.61. The van der Waals surface area contributed by atoms with Crippen molar-refractivity contribution in [2.75, 3.05) is 0 Å². The zero-order chi connectivity index (χ0) is 10.6. The molecule has 0 nitrogen and oxygen atoms in total. The Kier molecular flexibility index (Phi) is 4.90. The summed E-state index contributed by atoms with van der Waals surface area (Å²) in [6.45, 7) is 8.96. The number of hydrogen-bond acceptors (Lipinski definition) is 2. The van der Waals surface area contributed by atoms with Crippen LogP contribution in [0.3, 0.4) is 0 Å². The van der Waals surface area contributed by atoms with E-state index in [4.69, 9.17) is 0 Å². The molecule has 0 fully saturated rings. The molecule has 1 rings (SSSR count). The highest BCUT2D eigenvalue weighted by Gasteiger charge is 2.06. The maximum Gasteiger partial charge on any atom is 0.0217 e. The van der Waals surface area contributed by atoms with Crippen molar-refractivity contribution in [3.05, 3.63) is 29.8 Å². The van der Waals surface area contributed by atoms with Crippen LogP contribution in [0.4, 0.5) is 0 Å². The summed E-state index contributed by atoms with van der Waals surface area (Å²) in [7, 11) is 3.83. The van der Waals surface area contributed by atoms with E-state index >= 15 is 0 Å². The van der Waals surface area contributed by atoms with Gasteiger partial charge in [-0.15, -0.1) is 0 Å². The highest BCUT2D eigenvalue weighted by Crippen LogP contribution is 2.38. The van der Waals surface area contributed by atoms with E-state index in [2.05, 4.69) is 52.0 Å². The molecule has 78 valence electrons. The van der Waals surface area contributed by atoms with Crippen LogP contribution in [0.15, 0.2) is 29.2 Å². The first-order valence-electron chi connectivity index (χ1n) is 5.03. The average Bonchev–Trinajstić information content (AvgIpc) is 2.15. The zero-order valence-electron chi connectivity index (χ0n) is 9.28. The Bertz CT molecular complexity index is 279. The Morgan fingerprint density at radius 2 is 1.64 bits per heavy atom. The Balaban J connectivity index is 2.74. The summed E-state index contributed by atoms with van der Waals surface area (Å²) >= 11 is 0. The van der Waals surface area contributed by atoms with Crippen molar-refractivity contribution in [1.29, 1.82) is 0 Å². The van der Waals surface area contributed by atoms with Crippen molar-refractivity contribution in [3.63, 3.8) is 0 Å². The van der Waals surface area contributed by atoms with E-state index in [0.717, 1.165) is 0 Å². The predicted octanol–water partition coefficient (Wildman–Crippen LogP) is 4.96. The molecule has 0 N–H and O–H groups in total. The van der Waals surface area contributed by atoms with E-state index < -0.39 is 0 Å². The third-order valence-electron chi connectivity index (χ3n) is 1.87. The molecule has 0 spiro atoms. The van der Waals surface area contributed by atoms with E-state index in [-0.39, 0.29) is 0 Å². The minimum Gasteiger partial charge on any atom is -0.0861 e. The van der Waals surface area contributed by atoms with Crippen LogP contribution >= 0.6 is 21.6 Å². The molecule has 14 heavy (non-hydrogen) atoms. The van der Waals surface area contributed by atoms with Gasteiger partial charge in [0.05, 0.1) is 0 Å². The van der Waals surface area contributed by atoms with Gasteiger partial charge in [0.1, 0.15) is 0 Å². The molecule has 2 heteroatoms. The summed E-state index contributed by atoms with van der Waals surface area (Å²) in [5.74, 6) is 0.617. The Labute approximate surface area is 95.3 Å². The van der Waals surface area contributed by atoms with Crippen molar-refractivity contribution in [3.8, 4) is 0 Å². The van der Waals surface area contributed by atoms with Gasteiger partial charge < -0.3 is 0 Å². The normalized spacial score (nSPS) is 11.3. The smallest absolute Gasteiger partial charge is 0.0217 e. The van der Waals surface area contributed by atoms with Crippen LogP contribution in [0, 0.1) is 0 Å². The second kappa shape index (κ2) is 5.72. The summed E-state index contributed by atoms with van der Waals surface area (Å²) in [6, 6.07) is 8.69. The third kappa shape index (κ3) is 3.58. The lowest BCUT2D eigenvalue weighted by Crippen LogP contribution is -1.90. The van der Waals surface area contributed by atoms with Crippen LogP contribution < -0.4 is 0 Å². The van der Waals surface area contributed by atoms with E-state index in [9.17, 15) is 0 Å². The quantitative estimate of drug-likeness (QED) is 0.666. The first-order valence-corrected chi connectivity index (χ1v) is 7.24. The largest absolute Gasteiger partial charge is 0.0861 e. The molecule has 0 saturated heterocycles. The SMILES string of the molecule is CC(C)SSc1ccccc1C(C)C. The molecule has 0 bridgehead atoms. The third-order valence-corrected chi connectivity index (χ3v) is 4.89. The number of hydrogen-bond donors (Lipinski definition) is 0. The molecule has 1 aromatic carbocycles. The highest BCUT2D eigenvalue weighted by atomic mass is 33.1. The molecule has 1 aromatic rings. The summed E-state index contributed by atoms with van der Waals surface area (Å²) in [5, 5.41) is 0.681. The second-order valence-electron chi connectivity index (χ2n) is 3.92. The fraction of sp³-hybridized carbons (Fsp3) is 0.500. The lowest BCUT2D eigenvalue weighted by Gasteiger charge is -2.12. The topological polar surface area (TPSA) is 0 Å². The van der Waals surface area contributed by atoms with Crippen molar-refractivity contribution >= 4 is 21.6 Å². The van der Waals surface area contributed by atoms with E-state index in [1.807, 2.05) is 21.6 Å². The molecular formula is C12H18S2. The minimum absolute atomic E-state index is 0.617. The molecule has 0 aliphatic rings. The molecule has 0 radical (unpaired) electrons. The Morgan fingerprint density at radius 3 is 2.21 bits per heavy atom. The molecule has 0 heterocycles. The average molecular weight is 226 g/mol. The molecule has 0 aliphatic carbocycles. The van der Waals surface area contributed by atoms with Gasteiger partial charge in [0.2, 0.25) is 0 Å². The summed E-state index contributed by atoms with van der Waals surface area (Å²) in [6.07, 6.45) is 0. The molecular weight excluding hydrogens is 208 g/mol. The number of benzene rings is 1. The van der Waals surface area contributed by atoms with Gasteiger partial charge in [-0.1, -0.05) is 67.5 Å². The second-order valence-corrected chi connectivity index (χ2v) is 6.74. The maximum absolute atomic E-state index is 2.25. The van der Waals surface area contributed by atoms with Crippen LogP contribution in [0.2, 0.25) is 0 Å². The summed E-state index contributed by atoms with van der Waals surface area (Å²) in [4.78, 5) is 1.42. The molecule has 0 amide bonds. The maximum atomic E-state index is 2.25. The highest BCUT2D eigenvalue weighted by molar-refractivity contribution is 8.76. The lowest BCUT2D eigenvalue weighted by molar-refractivity contribution is 0.843. The van der Waals surface area contributed by atoms with Crippen LogP contribution in [0.25, 0.3) is 0 Å². The Hall–Kier alpha value is -0.0800. The van der Waals surface area contributed by atoms with Crippen LogP contribution in [0.5, 0.6) is 0 Å². The standard InChI is InChI=1S/C12H18S2/c1-9(2)11-7-5-6-8-12(11)14-13-10(3)4/h5-10H,1-4H3. The van der Waals surface area contributed by atoms with Gasteiger partial charge in [0.15, 0.2) is 0 Å². The first kappa shape index (κ1) is 12.0. The molecule has 0 saturated carbocycles. The summed E-state index contributed by atoms with van der Waals surface area (Å²) < 4.78 is 0. The van der Waals surface area contributed by atoms with Gasteiger partial charge in [-0.25, -0.2) is 0 Å². The minimum atomic E-state index is 0.617. The monoisotopic (exact) mass is 226 g/mol. The predicted molar refractivity (Wildman–Crippen MR) is 69.1 cm³/mol.